The van der Waals surface area contributed by atoms with Crippen LogP contribution in [0.15, 0.2) is 102 Å². The van der Waals surface area contributed by atoms with Crippen molar-refractivity contribution in [1.82, 2.24) is 23.6 Å². The van der Waals surface area contributed by atoms with Crippen LogP contribution in [0.3, 0.4) is 0 Å². The number of hydrogen-bond donors (Lipinski definition) is 1. The molecule has 1 fully saturated rings. The van der Waals surface area contributed by atoms with E-state index < -0.39 is 21.9 Å². The molecule has 0 radical (unpaired) electrons. The summed E-state index contributed by atoms with van der Waals surface area (Å²) in [4.78, 5) is 9.03. The van der Waals surface area contributed by atoms with Gasteiger partial charge < -0.3 is 10.0 Å². The molecular formula is C37H36F2N6O3S. The molecule has 1 N–H and O–H groups in total. The number of rotatable bonds is 9. The number of aliphatic hydroxyl groups is 1. The average molecular weight is 683 g/mol. The van der Waals surface area contributed by atoms with E-state index in [0.29, 0.717) is 40.7 Å². The van der Waals surface area contributed by atoms with E-state index in [1.165, 1.54) is 30.6 Å². The molecule has 9 nitrogen and oxygen atoms in total. The lowest BCUT2D eigenvalue weighted by atomic mass is 10.0. The number of piperazine rings is 1. The van der Waals surface area contributed by atoms with Gasteiger partial charge in [0.1, 0.15) is 11.6 Å². The Bertz CT molecular complexity index is 2240. The van der Waals surface area contributed by atoms with E-state index in [1.54, 1.807) is 72.5 Å². The quantitative estimate of drug-likeness (QED) is 0.202. The second kappa shape index (κ2) is 13.2. The van der Waals surface area contributed by atoms with Crippen LogP contribution in [-0.2, 0) is 16.6 Å². The first-order valence-corrected chi connectivity index (χ1v) is 17.5. The van der Waals surface area contributed by atoms with Crippen molar-refractivity contribution in [1.29, 1.82) is 0 Å². The lowest BCUT2D eigenvalue weighted by Gasteiger charge is -2.36. The molecule has 0 saturated carbocycles. The number of anilines is 1. The maximum absolute atomic E-state index is 15.8. The predicted molar refractivity (Wildman–Crippen MR) is 186 cm³/mol. The molecule has 0 spiro atoms. The van der Waals surface area contributed by atoms with Crippen LogP contribution in [0, 0.1) is 18.6 Å². The predicted octanol–water partition coefficient (Wildman–Crippen LogP) is 5.94. The maximum Gasteiger partial charge on any atom is 0.269 e. The Hall–Kier alpha value is -4.91. The van der Waals surface area contributed by atoms with Gasteiger partial charge in [-0.25, -0.2) is 26.2 Å². The summed E-state index contributed by atoms with van der Waals surface area (Å²) >= 11 is 0. The van der Waals surface area contributed by atoms with Crippen LogP contribution in [0.25, 0.3) is 33.3 Å². The third-order valence-corrected chi connectivity index (χ3v) is 10.6. The van der Waals surface area contributed by atoms with Crippen LogP contribution in [0.5, 0.6) is 0 Å². The third-order valence-electron chi connectivity index (χ3n) is 8.89. The lowest BCUT2D eigenvalue weighted by molar-refractivity contribution is 0.122. The van der Waals surface area contributed by atoms with Gasteiger partial charge in [-0.15, -0.1) is 0 Å². The Morgan fingerprint density at radius 1 is 0.878 bits per heavy atom. The van der Waals surface area contributed by atoms with Crippen molar-refractivity contribution < 1.29 is 22.3 Å². The van der Waals surface area contributed by atoms with Gasteiger partial charge in [0.15, 0.2) is 5.65 Å². The highest BCUT2D eigenvalue weighted by Crippen LogP contribution is 2.36. The molecule has 1 aliphatic rings. The van der Waals surface area contributed by atoms with Crippen LogP contribution in [-0.4, -0.2) is 76.0 Å². The zero-order valence-electron chi connectivity index (χ0n) is 27.2. The SMILES string of the molecule is Cc1ccc(S(=O)(=O)n2cc(-c3cnn(Cc4cccc(F)c4)c3)c3cc(-c4ccc(N5CCN(CC(C)O)CC5)cc4F)cnc32)cc1. The summed E-state index contributed by atoms with van der Waals surface area (Å²) < 4.78 is 60.3. The molecule has 0 bridgehead atoms. The molecule has 12 heteroatoms. The molecule has 49 heavy (non-hydrogen) atoms. The van der Waals surface area contributed by atoms with E-state index in [0.717, 1.165) is 47.0 Å². The lowest BCUT2D eigenvalue weighted by Crippen LogP contribution is -2.48. The zero-order valence-corrected chi connectivity index (χ0v) is 28.0. The average Bonchev–Trinajstić information content (AvgIpc) is 3.70. The van der Waals surface area contributed by atoms with Gasteiger partial charge in [0, 0.05) is 84.6 Å². The molecular weight excluding hydrogens is 647 g/mol. The van der Waals surface area contributed by atoms with Crippen LogP contribution < -0.4 is 4.90 Å². The molecule has 7 rings (SSSR count). The maximum atomic E-state index is 15.8. The summed E-state index contributed by atoms with van der Waals surface area (Å²) in [5.41, 5.74) is 4.64. The number of nitrogens with zero attached hydrogens (tertiary/aromatic N) is 6. The van der Waals surface area contributed by atoms with Gasteiger partial charge >= 0.3 is 0 Å². The minimum atomic E-state index is -4.04. The molecule has 3 aromatic heterocycles. The highest BCUT2D eigenvalue weighted by Gasteiger charge is 2.25. The monoisotopic (exact) mass is 682 g/mol. The fraction of sp³-hybridized carbons (Fsp3) is 0.243. The van der Waals surface area contributed by atoms with E-state index in [2.05, 4.69) is 19.9 Å². The third kappa shape index (κ3) is 6.71. The molecule has 0 aliphatic carbocycles. The number of β-amino-alcohol motifs (C(OH)–C–C–N with tert-alkyl or cyclic N) is 1. The number of hydrogen-bond acceptors (Lipinski definition) is 7. The second-order valence-corrected chi connectivity index (χ2v) is 14.4. The molecule has 1 atom stereocenters. The summed E-state index contributed by atoms with van der Waals surface area (Å²) in [6.45, 7) is 7.58. The summed E-state index contributed by atoms with van der Waals surface area (Å²) in [7, 11) is -4.04. The zero-order chi connectivity index (χ0) is 34.3. The Balaban J connectivity index is 1.26. The fourth-order valence-corrected chi connectivity index (χ4v) is 7.70. The number of aromatic nitrogens is 4. The molecule has 0 amide bonds. The van der Waals surface area contributed by atoms with Gasteiger partial charge in [-0.3, -0.25) is 9.58 Å². The van der Waals surface area contributed by atoms with E-state index >= 15 is 4.39 Å². The number of aryl methyl sites for hydroxylation is 1. The topological polar surface area (TPSA) is 96.5 Å². The van der Waals surface area contributed by atoms with Crippen molar-refractivity contribution in [3.8, 4) is 22.3 Å². The van der Waals surface area contributed by atoms with Gasteiger partial charge in [0.2, 0.25) is 0 Å². The first-order chi connectivity index (χ1) is 23.5. The number of fused-ring (bicyclic) bond motifs is 1. The van der Waals surface area contributed by atoms with Crippen molar-refractivity contribution in [3.05, 3.63) is 120 Å². The number of aliphatic hydroxyl groups excluding tert-OH is 1. The smallest absolute Gasteiger partial charge is 0.269 e. The van der Waals surface area contributed by atoms with Crippen molar-refractivity contribution in [2.75, 3.05) is 37.6 Å². The summed E-state index contributed by atoms with van der Waals surface area (Å²) in [6, 6.07) is 19.8. The number of halogens is 2. The largest absolute Gasteiger partial charge is 0.392 e. The normalized spacial score (nSPS) is 14.8. The minimum Gasteiger partial charge on any atom is -0.392 e. The summed E-state index contributed by atoms with van der Waals surface area (Å²) in [6.07, 6.45) is 6.02. The van der Waals surface area contributed by atoms with Gasteiger partial charge in [-0.1, -0.05) is 29.8 Å². The van der Waals surface area contributed by atoms with E-state index in [1.807, 2.05) is 13.0 Å². The Morgan fingerprint density at radius 3 is 2.37 bits per heavy atom. The first kappa shape index (κ1) is 32.6. The molecule has 252 valence electrons. The Morgan fingerprint density at radius 2 is 1.65 bits per heavy atom. The highest BCUT2D eigenvalue weighted by atomic mass is 32.2. The molecule has 6 aromatic rings. The van der Waals surface area contributed by atoms with Gasteiger partial charge in [-0.05, 0) is 67.9 Å². The van der Waals surface area contributed by atoms with Crippen LogP contribution in [0.4, 0.5) is 14.5 Å². The van der Waals surface area contributed by atoms with Crippen molar-refractivity contribution in [2.45, 2.75) is 31.4 Å². The number of benzene rings is 3. The molecule has 4 heterocycles. The second-order valence-electron chi connectivity index (χ2n) is 12.6. The van der Waals surface area contributed by atoms with E-state index in [4.69, 9.17) is 0 Å². The van der Waals surface area contributed by atoms with E-state index in [9.17, 15) is 17.9 Å². The van der Waals surface area contributed by atoms with Crippen molar-refractivity contribution in [3.63, 3.8) is 0 Å². The fourth-order valence-electron chi connectivity index (χ4n) is 6.37. The summed E-state index contributed by atoms with van der Waals surface area (Å²) in [5.74, 6) is -0.760. The van der Waals surface area contributed by atoms with Crippen molar-refractivity contribution in [2.24, 2.45) is 0 Å². The molecule has 1 unspecified atom stereocenters. The minimum absolute atomic E-state index is 0.113. The Kier molecular flexibility index (Phi) is 8.78. The standard InChI is InChI=1S/C37H36F2N6O3S/c1-25-6-9-32(10-7-25)49(47,48)45-24-35(29-20-41-44(23-29)22-27-4-3-5-30(38)16-27)34-17-28(19-40-37(34)45)33-11-8-31(18-36(33)39)43-14-12-42(13-15-43)21-26(2)46/h3-11,16-20,23-24,26,46H,12-15,21-22H2,1-2H3. The summed E-state index contributed by atoms with van der Waals surface area (Å²) in [5, 5.41) is 14.7. The van der Waals surface area contributed by atoms with Crippen LogP contribution >= 0.6 is 0 Å². The first-order valence-electron chi connectivity index (χ1n) is 16.1. The molecule has 3 aromatic carbocycles. The van der Waals surface area contributed by atoms with Gasteiger partial charge in [0.05, 0.1) is 23.7 Å². The van der Waals surface area contributed by atoms with Gasteiger partial charge in [0.25, 0.3) is 10.0 Å². The van der Waals surface area contributed by atoms with Crippen LogP contribution in [0.1, 0.15) is 18.1 Å². The highest BCUT2D eigenvalue weighted by molar-refractivity contribution is 7.90. The van der Waals surface area contributed by atoms with Crippen LogP contribution in [0.2, 0.25) is 0 Å². The van der Waals surface area contributed by atoms with Crippen molar-refractivity contribution >= 4 is 26.7 Å². The Labute approximate surface area is 283 Å². The molecule has 1 aliphatic heterocycles. The van der Waals surface area contributed by atoms with Gasteiger partial charge in [-0.2, -0.15) is 5.10 Å². The molecule has 1 saturated heterocycles. The van der Waals surface area contributed by atoms with E-state index in [-0.39, 0.29) is 16.4 Å². The number of pyridine rings is 1.